The van der Waals surface area contributed by atoms with Crippen molar-refractivity contribution >= 4 is 11.5 Å². The predicted octanol–water partition coefficient (Wildman–Crippen LogP) is 2.75. The van der Waals surface area contributed by atoms with Gasteiger partial charge in [0, 0.05) is 30.9 Å². The van der Waals surface area contributed by atoms with E-state index in [-0.39, 0.29) is 11.7 Å². The van der Waals surface area contributed by atoms with Crippen molar-refractivity contribution in [1.29, 1.82) is 5.41 Å². The molecule has 0 spiro atoms. The summed E-state index contributed by atoms with van der Waals surface area (Å²) in [5.41, 5.74) is 6.83. The van der Waals surface area contributed by atoms with Gasteiger partial charge < -0.3 is 15.4 Å². The molecule has 0 aliphatic rings. The molecule has 0 saturated carbocycles. The molecule has 0 saturated heterocycles. The smallest absolute Gasteiger partial charge is 0.125 e. The second-order valence-corrected chi connectivity index (χ2v) is 4.73. The molecule has 0 aliphatic carbocycles. The van der Waals surface area contributed by atoms with Crippen LogP contribution < -0.4 is 10.6 Å². The lowest BCUT2D eigenvalue weighted by Gasteiger charge is -2.34. The predicted molar refractivity (Wildman–Crippen MR) is 81.0 cm³/mol. The van der Waals surface area contributed by atoms with Crippen LogP contribution in [0, 0.1) is 11.2 Å². The molecule has 1 aromatic rings. The fourth-order valence-electron chi connectivity index (χ4n) is 2.39. The highest BCUT2D eigenvalue weighted by Gasteiger charge is 2.19. The number of rotatable bonds is 8. The lowest BCUT2D eigenvalue weighted by molar-refractivity contribution is 0.202. The van der Waals surface area contributed by atoms with E-state index in [1.165, 1.54) is 12.1 Å². The molecule has 4 nitrogen and oxygen atoms in total. The Balaban J connectivity index is 3.21. The molecular formula is C15H24FN3O. The highest BCUT2D eigenvalue weighted by molar-refractivity contribution is 6.00. The highest BCUT2D eigenvalue weighted by Crippen LogP contribution is 2.25. The minimum absolute atomic E-state index is 0.118. The van der Waals surface area contributed by atoms with Crippen LogP contribution in [0.3, 0.4) is 0 Å². The Morgan fingerprint density at radius 3 is 2.55 bits per heavy atom. The second kappa shape index (κ2) is 7.85. The van der Waals surface area contributed by atoms with Crippen molar-refractivity contribution in [3.63, 3.8) is 0 Å². The standard InChI is InChI=1S/C15H24FN3O/c1-4-12(5-2)19(8-9-20-3)14-7-6-11(16)10-13(14)15(17)18/h6-7,10,12H,4-5,8-9H2,1-3H3,(H3,17,18). The minimum Gasteiger partial charge on any atom is -0.384 e. The van der Waals surface area contributed by atoms with Crippen LogP contribution in [0.15, 0.2) is 18.2 Å². The number of nitrogen functional groups attached to an aromatic ring is 1. The van der Waals surface area contributed by atoms with Gasteiger partial charge in [-0.3, -0.25) is 5.41 Å². The van der Waals surface area contributed by atoms with Crippen LogP contribution in [0.25, 0.3) is 0 Å². The summed E-state index contributed by atoms with van der Waals surface area (Å²) in [5.74, 6) is -0.497. The van der Waals surface area contributed by atoms with Crippen molar-refractivity contribution in [1.82, 2.24) is 0 Å². The zero-order valence-corrected chi connectivity index (χ0v) is 12.4. The zero-order valence-electron chi connectivity index (χ0n) is 12.4. The van der Waals surface area contributed by atoms with Crippen LogP contribution in [0.2, 0.25) is 0 Å². The average molecular weight is 281 g/mol. The van der Waals surface area contributed by atoms with Gasteiger partial charge in [0.2, 0.25) is 0 Å². The third-order valence-electron chi connectivity index (χ3n) is 3.48. The normalized spacial score (nSPS) is 10.8. The van der Waals surface area contributed by atoms with Gasteiger partial charge in [-0.1, -0.05) is 13.8 Å². The van der Waals surface area contributed by atoms with Crippen molar-refractivity contribution < 1.29 is 9.13 Å². The Morgan fingerprint density at radius 1 is 1.40 bits per heavy atom. The first-order valence-corrected chi connectivity index (χ1v) is 6.94. The van der Waals surface area contributed by atoms with E-state index in [2.05, 4.69) is 18.7 Å². The molecular weight excluding hydrogens is 257 g/mol. The van der Waals surface area contributed by atoms with E-state index >= 15 is 0 Å². The summed E-state index contributed by atoms with van der Waals surface area (Å²) in [6, 6.07) is 4.73. The summed E-state index contributed by atoms with van der Waals surface area (Å²) >= 11 is 0. The molecule has 0 aliphatic heterocycles. The number of hydrogen-bond donors (Lipinski definition) is 2. The monoisotopic (exact) mass is 281 g/mol. The second-order valence-electron chi connectivity index (χ2n) is 4.73. The van der Waals surface area contributed by atoms with Gasteiger partial charge in [0.25, 0.3) is 0 Å². The van der Waals surface area contributed by atoms with E-state index < -0.39 is 0 Å². The maximum atomic E-state index is 13.4. The van der Waals surface area contributed by atoms with E-state index in [9.17, 15) is 4.39 Å². The SMILES string of the molecule is CCC(CC)N(CCOC)c1ccc(F)cc1C(=N)N. The van der Waals surface area contributed by atoms with Crippen LogP contribution in [-0.4, -0.2) is 32.1 Å². The molecule has 0 amide bonds. The number of nitrogens with two attached hydrogens (primary N) is 1. The molecule has 0 bridgehead atoms. The first-order valence-electron chi connectivity index (χ1n) is 6.94. The fraction of sp³-hybridized carbons (Fsp3) is 0.533. The Hall–Kier alpha value is -1.62. The van der Waals surface area contributed by atoms with Gasteiger partial charge in [-0.15, -0.1) is 0 Å². The number of benzene rings is 1. The van der Waals surface area contributed by atoms with E-state index in [0.29, 0.717) is 24.8 Å². The lowest BCUT2D eigenvalue weighted by atomic mass is 10.1. The van der Waals surface area contributed by atoms with Gasteiger partial charge in [-0.05, 0) is 31.0 Å². The van der Waals surface area contributed by atoms with Gasteiger partial charge in [0.15, 0.2) is 0 Å². The Bertz CT molecular complexity index is 447. The Morgan fingerprint density at radius 2 is 2.05 bits per heavy atom. The van der Waals surface area contributed by atoms with Crippen molar-refractivity contribution in [2.45, 2.75) is 32.7 Å². The van der Waals surface area contributed by atoms with E-state index in [4.69, 9.17) is 15.9 Å². The largest absolute Gasteiger partial charge is 0.384 e. The quantitative estimate of drug-likeness (QED) is 0.569. The van der Waals surface area contributed by atoms with Crippen LogP contribution in [0.5, 0.6) is 0 Å². The Labute approximate surface area is 120 Å². The van der Waals surface area contributed by atoms with Gasteiger partial charge in [-0.2, -0.15) is 0 Å². The molecule has 0 radical (unpaired) electrons. The summed E-state index contributed by atoms with van der Waals surface area (Å²) < 4.78 is 18.5. The molecule has 1 aromatic carbocycles. The molecule has 0 fully saturated rings. The lowest BCUT2D eigenvalue weighted by Crippen LogP contribution is -2.38. The number of ether oxygens (including phenoxy) is 1. The first-order chi connectivity index (χ1) is 9.54. The zero-order chi connectivity index (χ0) is 15.1. The van der Waals surface area contributed by atoms with Gasteiger partial charge >= 0.3 is 0 Å². The first kappa shape index (κ1) is 16.4. The number of nitrogens with zero attached hydrogens (tertiary/aromatic N) is 1. The van der Waals surface area contributed by atoms with E-state index in [1.54, 1.807) is 13.2 Å². The fourth-order valence-corrected chi connectivity index (χ4v) is 2.39. The van der Waals surface area contributed by atoms with Crippen LogP contribution >= 0.6 is 0 Å². The maximum Gasteiger partial charge on any atom is 0.125 e. The van der Waals surface area contributed by atoms with Crippen molar-refractivity contribution in [2.24, 2.45) is 5.73 Å². The van der Waals surface area contributed by atoms with Gasteiger partial charge in [-0.25, -0.2) is 4.39 Å². The molecule has 0 unspecified atom stereocenters. The summed E-state index contributed by atoms with van der Waals surface area (Å²) in [7, 11) is 1.65. The molecule has 0 aromatic heterocycles. The summed E-state index contributed by atoms with van der Waals surface area (Å²) in [5, 5.41) is 7.65. The summed E-state index contributed by atoms with van der Waals surface area (Å²) in [6.07, 6.45) is 1.93. The molecule has 3 N–H and O–H groups in total. The number of hydrogen-bond acceptors (Lipinski definition) is 3. The molecule has 1 rings (SSSR count). The molecule has 112 valence electrons. The topological polar surface area (TPSA) is 62.3 Å². The average Bonchev–Trinajstić information content (AvgIpc) is 2.43. The van der Waals surface area contributed by atoms with Crippen molar-refractivity contribution in [3.8, 4) is 0 Å². The van der Waals surface area contributed by atoms with Crippen molar-refractivity contribution in [3.05, 3.63) is 29.6 Å². The molecule has 0 heterocycles. The number of anilines is 1. The molecule has 0 atom stereocenters. The van der Waals surface area contributed by atoms with Crippen LogP contribution in [0.1, 0.15) is 32.3 Å². The number of amidine groups is 1. The van der Waals surface area contributed by atoms with Gasteiger partial charge in [0.05, 0.1) is 6.61 Å². The van der Waals surface area contributed by atoms with Crippen LogP contribution in [0.4, 0.5) is 10.1 Å². The van der Waals surface area contributed by atoms with Crippen molar-refractivity contribution in [2.75, 3.05) is 25.2 Å². The minimum atomic E-state index is -0.379. The molecule has 20 heavy (non-hydrogen) atoms. The highest BCUT2D eigenvalue weighted by atomic mass is 19.1. The number of methoxy groups -OCH3 is 1. The van der Waals surface area contributed by atoms with E-state index in [1.807, 2.05) is 0 Å². The number of halogens is 1. The summed E-state index contributed by atoms with van der Waals surface area (Å²) in [4.78, 5) is 2.15. The van der Waals surface area contributed by atoms with Gasteiger partial charge in [0.1, 0.15) is 11.7 Å². The Kier molecular flexibility index (Phi) is 6.45. The third kappa shape index (κ3) is 3.93. The van der Waals surface area contributed by atoms with E-state index in [0.717, 1.165) is 18.5 Å². The number of nitrogens with one attached hydrogen (secondary N) is 1. The summed E-state index contributed by atoms with van der Waals surface area (Å²) in [6.45, 7) is 5.50. The molecule has 5 heteroatoms. The maximum absolute atomic E-state index is 13.4. The third-order valence-corrected chi connectivity index (χ3v) is 3.48. The van der Waals surface area contributed by atoms with Crippen LogP contribution in [-0.2, 0) is 4.74 Å².